The molecule has 0 atom stereocenters. The van der Waals surface area contributed by atoms with Crippen LogP contribution in [0.15, 0.2) is 17.5 Å². The molecule has 1 aromatic rings. The minimum Gasteiger partial charge on any atom is -0.315 e. The first-order chi connectivity index (χ1) is 6.64. The van der Waals surface area contributed by atoms with Gasteiger partial charge in [-0.1, -0.05) is 6.07 Å². The lowest BCUT2D eigenvalue weighted by molar-refractivity contribution is 0.395. The van der Waals surface area contributed by atoms with E-state index in [0.29, 0.717) is 0 Å². The van der Waals surface area contributed by atoms with Crippen molar-refractivity contribution in [3.63, 3.8) is 0 Å². The second kappa shape index (κ2) is 5.49. The van der Waals surface area contributed by atoms with E-state index in [0.717, 1.165) is 19.5 Å². The summed E-state index contributed by atoms with van der Waals surface area (Å²) < 4.78 is 0. The van der Waals surface area contributed by atoms with Crippen LogP contribution in [-0.2, 0) is 6.42 Å². The second-order valence-electron chi connectivity index (χ2n) is 4.14. The van der Waals surface area contributed by atoms with Gasteiger partial charge < -0.3 is 10.6 Å². The van der Waals surface area contributed by atoms with E-state index in [1.165, 1.54) is 4.88 Å². The molecule has 0 aromatic carbocycles. The highest BCUT2D eigenvalue weighted by atomic mass is 32.1. The van der Waals surface area contributed by atoms with Crippen molar-refractivity contribution >= 4 is 11.3 Å². The summed E-state index contributed by atoms with van der Waals surface area (Å²) in [7, 11) is 2.00. The molecule has 0 radical (unpaired) electrons. The molecule has 3 heteroatoms. The zero-order chi connectivity index (χ0) is 10.4. The van der Waals surface area contributed by atoms with E-state index < -0.39 is 0 Å². The summed E-state index contributed by atoms with van der Waals surface area (Å²) in [5.74, 6) is 0. The van der Waals surface area contributed by atoms with E-state index >= 15 is 0 Å². The van der Waals surface area contributed by atoms with Gasteiger partial charge in [0.25, 0.3) is 0 Å². The zero-order valence-corrected chi connectivity index (χ0v) is 10.1. The molecule has 2 nitrogen and oxygen atoms in total. The van der Waals surface area contributed by atoms with Crippen LogP contribution >= 0.6 is 11.3 Å². The number of hydrogen-bond donors (Lipinski definition) is 2. The number of likely N-dealkylation sites (N-methyl/N-ethyl adjacent to an activating group) is 1. The normalized spacial score (nSPS) is 11.9. The SMILES string of the molecule is CNC(C)(C)CNCCc1cccs1. The molecular formula is C11H20N2S. The van der Waals surface area contributed by atoms with Crippen LogP contribution in [0.2, 0.25) is 0 Å². The molecule has 14 heavy (non-hydrogen) atoms. The molecule has 1 heterocycles. The fourth-order valence-electron chi connectivity index (χ4n) is 1.16. The Hall–Kier alpha value is -0.380. The molecule has 0 saturated heterocycles. The summed E-state index contributed by atoms with van der Waals surface area (Å²) in [6, 6.07) is 4.30. The quantitative estimate of drug-likeness (QED) is 0.704. The van der Waals surface area contributed by atoms with E-state index in [-0.39, 0.29) is 5.54 Å². The van der Waals surface area contributed by atoms with Gasteiger partial charge in [0.05, 0.1) is 0 Å². The van der Waals surface area contributed by atoms with Crippen LogP contribution in [0.5, 0.6) is 0 Å². The predicted octanol–water partition coefficient (Wildman–Crippen LogP) is 1.88. The highest BCUT2D eigenvalue weighted by molar-refractivity contribution is 7.09. The molecule has 2 N–H and O–H groups in total. The van der Waals surface area contributed by atoms with Gasteiger partial charge in [0, 0.05) is 23.5 Å². The number of nitrogens with one attached hydrogen (secondary N) is 2. The maximum Gasteiger partial charge on any atom is 0.0246 e. The molecule has 80 valence electrons. The van der Waals surface area contributed by atoms with Crippen LogP contribution < -0.4 is 10.6 Å². The second-order valence-corrected chi connectivity index (χ2v) is 5.17. The topological polar surface area (TPSA) is 24.1 Å². The Bertz CT molecular complexity index is 242. The highest BCUT2D eigenvalue weighted by Crippen LogP contribution is 2.08. The third-order valence-corrected chi connectivity index (χ3v) is 3.31. The highest BCUT2D eigenvalue weighted by Gasteiger charge is 2.12. The molecule has 0 aliphatic rings. The first-order valence-electron chi connectivity index (χ1n) is 5.06. The summed E-state index contributed by atoms with van der Waals surface area (Å²) in [5, 5.41) is 8.87. The molecule has 0 bridgehead atoms. The minimum absolute atomic E-state index is 0.190. The standard InChI is InChI=1S/C11H20N2S/c1-11(2,12-3)9-13-7-6-10-5-4-8-14-10/h4-5,8,12-13H,6-7,9H2,1-3H3. The average Bonchev–Trinajstić information content (AvgIpc) is 2.65. The summed E-state index contributed by atoms with van der Waals surface area (Å²) in [6.07, 6.45) is 1.14. The van der Waals surface area contributed by atoms with E-state index in [4.69, 9.17) is 0 Å². The molecule has 1 aromatic heterocycles. The first-order valence-corrected chi connectivity index (χ1v) is 5.94. The minimum atomic E-state index is 0.190. The predicted molar refractivity (Wildman–Crippen MR) is 64.0 cm³/mol. The van der Waals surface area contributed by atoms with Crippen molar-refractivity contribution in [2.45, 2.75) is 25.8 Å². The Labute approximate surface area is 90.7 Å². The smallest absolute Gasteiger partial charge is 0.0246 e. The Morgan fingerprint density at radius 3 is 2.79 bits per heavy atom. The molecule has 0 unspecified atom stereocenters. The van der Waals surface area contributed by atoms with Crippen LogP contribution in [0.1, 0.15) is 18.7 Å². The number of rotatable bonds is 6. The van der Waals surface area contributed by atoms with E-state index in [9.17, 15) is 0 Å². The monoisotopic (exact) mass is 212 g/mol. The molecule has 1 rings (SSSR count). The van der Waals surface area contributed by atoms with Crippen LogP contribution in [0.25, 0.3) is 0 Å². The van der Waals surface area contributed by atoms with E-state index in [2.05, 4.69) is 42.0 Å². The van der Waals surface area contributed by atoms with E-state index in [1.807, 2.05) is 18.4 Å². The fraction of sp³-hybridized carbons (Fsp3) is 0.636. The van der Waals surface area contributed by atoms with Gasteiger partial charge >= 0.3 is 0 Å². The fourth-order valence-corrected chi connectivity index (χ4v) is 1.86. The van der Waals surface area contributed by atoms with Gasteiger partial charge in [0.15, 0.2) is 0 Å². The third-order valence-electron chi connectivity index (χ3n) is 2.37. The van der Waals surface area contributed by atoms with Crippen molar-refractivity contribution in [2.24, 2.45) is 0 Å². The van der Waals surface area contributed by atoms with Crippen LogP contribution in [0.4, 0.5) is 0 Å². The Balaban J connectivity index is 2.11. The lowest BCUT2D eigenvalue weighted by Crippen LogP contribution is -2.46. The lowest BCUT2D eigenvalue weighted by Gasteiger charge is -2.24. The number of hydrogen-bond acceptors (Lipinski definition) is 3. The lowest BCUT2D eigenvalue weighted by atomic mass is 10.1. The zero-order valence-electron chi connectivity index (χ0n) is 9.26. The number of thiophene rings is 1. The van der Waals surface area contributed by atoms with Crippen molar-refractivity contribution in [3.8, 4) is 0 Å². The van der Waals surface area contributed by atoms with Crippen LogP contribution in [0, 0.1) is 0 Å². The van der Waals surface area contributed by atoms with Crippen LogP contribution in [-0.4, -0.2) is 25.7 Å². The average molecular weight is 212 g/mol. The molecule has 0 aliphatic heterocycles. The first kappa shape index (κ1) is 11.7. The Morgan fingerprint density at radius 1 is 1.43 bits per heavy atom. The van der Waals surface area contributed by atoms with Gasteiger partial charge in [0.2, 0.25) is 0 Å². The third kappa shape index (κ3) is 4.22. The van der Waals surface area contributed by atoms with Gasteiger partial charge in [-0.15, -0.1) is 11.3 Å². The maximum absolute atomic E-state index is 3.46. The summed E-state index contributed by atoms with van der Waals surface area (Å²) in [5.41, 5.74) is 0.190. The van der Waals surface area contributed by atoms with Crippen molar-refractivity contribution in [1.29, 1.82) is 0 Å². The Kier molecular flexibility index (Phi) is 4.58. The van der Waals surface area contributed by atoms with Gasteiger partial charge in [-0.3, -0.25) is 0 Å². The summed E-state index contributed by atoms with van der Waals surface area (Å²) in [6.45, 7) is 6.47. The van der Waals surface area contributed by atoms with Gasteiger partial charge in [-0.05, 0) is 38.8 Å². The molecule has 0 spiro atoms. The molecular weight excluding hydrogens is 192 g/mol. The van der Waals surface area contributed by atoms with E-state index in [1.54, 1.807) is 0 Å². The van der Waals surface area contributed by atoms with Gasteiger partial charge in [-0.2, -0.15) is 0 Å². The van der Waals surface area contributed by atoms with Gasteiger partial charge in [0.1, 0.15) is 0 Å². The molecule has 0 aliphatic carbocycles. The van der Waals surface area contributed by atoms with Crippen molar-refractivity contribution < 1.29 is 0 Å². The maximum atomic E-state index is 3.46. The van der Waals surface area contributed by atoms with Crippen molar-refractivity contribution in [2.75, 3.05) is 20.1 Å². The molecule has 0 saturated carbocycles. The van der Waals surface area contributed by atoms with Crippen molar-refractivity contribution in [1.82, 2.24) is 10.6 Å². The molecule has 0 amide bonds. The Morgan fingerprint density at radius 2 is 2.21 bits per heavy atom. The van der Waals surface area contributed by atoms with Gasteiger partial charge in [-0.25, -0.2) is 0 Å². The largest absolute Gasteiger partial charge is 0.315 e. The van der Waals surface area contributed by atoms with Crippen molar-refractivity contribution in [3.05, 3.63) is 22.4 Å². The molecule has 0 fully saturated rings. The summed E-state index contributed by atoms with van der Waals surface area (Å²) >= 11 is 1.83. The summed E-state index contributed by atoms with van der Waals surface area (Å²) in [4.78, 5) is 1.46. The van der Waals surface area contributed by atoms with Crippen LogP contribution in [0.3, 0.4) is 0 Å².